The molecule has 2 aromatic carbocycles. The Morgan fingerprint density at radius 3 is 2.11 bits per heavy atom. The molecule has 0 radical (unpaired) electrons. The van der Waals surface area contributed by atoms with Gasteiger partial charge < -0.3 is 29.1 Å². The number of rotatable bonds is 10. The molecular weight excluding hydrogens is 613 g/mol. The smallest absolute Gasteiger partial charge is 0.408 e. The van der Waals surface area contributed by atoms with E-state index in [1.807, 2.05) is 48.5 Å². The highest BCUT2D eigenvalue weighted by Crippen LogP contribution is 2.46. The summed E-state index contributed by atoms with van der Waals surface area (Å²) < 4.78 is 25.0. The first-order valence-corrected chi connectivity index (χ1v) is 19.3. The monoisotopic (exact) mass is 668 g/mol. The summed E-state index contributed by atoms with van der Waals surface area (Å²) in [5.74, 6) is 0.824. The Labute approximate surface area is 282 Å². The fourth-order valence-corrected chi connectivity index (χ4v) is 12.7. The number of amides is 1. The van der Waals surface area contributed by atoms with Crippen molar-refractivity contribution in [3.05, 3.63) is 59.7 Å². The molecular formula is C37H56N2O7Si. The second-order valence-electron chi connectivity index (χ2n) is 15.2. The van der Waals surface area contributed by atoms with E-state index in [1.165, 1.54) is 0 Å². The average Bonchev–Trinajstić information content (AvgIpc) is 2.99. The van der Waals surface area contributed by atoms with Crippen LogP contribution in [-0.2, 0) is 19.9 Å². The lowest BCUT2D eigenvalue weighted by atomic mass is 9.83. The summed E-state index contributed by atoms with van der Waals surface area (Å²) in [6, 6.07) is 14.4. The fourth-order valence-electron chi connectivity index (χ4n) is 7.44. The molecule has 1 amide bonds. The Hall–Kier alpha value is -3.08. The third-order valence-corrected chi connectivity index (χ3v) is 15.8. The molecule has 2 aliphatic heterocycles. The Balaban J connectivity index is 1.61. The third kappa shape index (κ3) is 8.32. The zero-order valence-corrected chi connectivity index (χ0v) is 31.0. The number of likely N-dealkylation sites (tertiary alicyclic amines) is 1. The van der Waals surface area contributed by atoms with E-state index in [9.17, 15) is 14.7 Å². The summed E-state index contributed by atoms with van der Waals surface area (Å²) in [5, 5.41) is 14.1. The van der Waals surface area contributed by atoms with Crippen LogP contribution in [0.4, 0.5) is 4.79 Å². The van der Waals surface area contributed by atoms with Gasteiger partial charge in [0.15, 0.2) is 0 Å². The predicted octanol–water partition coefficient (Wildman–Crippen LogP) is 7.48. The number of nitrogens with one attached hydrogen (secondary N) is 1. The lowest BCUT2D eigenvalue weighted by Crippen LogP contribution is -2.53. The molecule has 0 saturated carbocycles. The molecule has 0 spiro atoms. The molecule has 10 heteroatoms. The first-order chi connectivity index (χ1) is 22.0. The van der Waals surface area contributed by atoms with E-state index in [2.05, 4.69) is 51.8 Å². The van der Waals surface area contributed by atoms with Crippen LogP contribution in [0.25, 0.3) is 0 Å². The van der Waals surface area contributed by atoms with E-state index in [4.69, 9.17) is 18.6 Å². The van der Waals surface area contributed by atoms with Gasteiger partial charge in [-0.25, -0.2) is 9.59 Å². The van der Waals surface area contributed by atoms with Gasteiger partial charge in [-0.1, -0.05) is 71.9 Å². The zero-order valence-electron chi connectivity index (χ0n) is 30.0. The maximum Gasteiger partial charge on any atom is 0.408 e. The molecule has 260 valence electrons. The van der Waals surface area contributed by atoms with Crippen LogP contribution in [0.15, 0.2) is 48.5 Å². The molecule has 3 atom stereocenters. The molecule has 4 rings (SSSR count). The predicted molar refractivity (Wildman–Crippen MR) is 186 cm³/mol. The van der Waals surface area contributed by atoms with E-state index in [1.54, 1.807) is 27.7 Å². The van der Waals surface area contributed by atoms with Gasteiger partial charge in [0.25, 0.3) is 8.32 Å². The maximum absolute atomic E-state index is 13.5. The van der Waals surface area contributed by atoms with Crippen LogP contribution in [-0.4, -0.2) is 67.8 Å². The number of esters is 1. The molecule has 2 aromatic rings. The van der Waals surface area contributed by atoms with Gasteiger partial charge in [0.05, 0.1) is 11.6 Å². The molecule has 0 unspecified atom stereocenters. The first-order valence-electron chi connectivity index (χ1n) is 17.1. The number of aliphatic hydroxyl groups is 1. The number of ether oxygens (including phenoxy) is 3. The van der Waals surface area contributed by atoms with Crippen molar-refractivity contribution in [3.8, 4) is 11.5 Å². The summed E-state index contributed by atoms with van der Waals surface area (Å²) >= 11 is 0. The van der Waals surface area contributed by atoms with Gasteiger partial charge in [-0.3, -0.25) is 4.90 Å². The van der Waals surface area contributed by atoms with Crippen molar-refractivity contribution in [2.45, 2.75) is 128 Å². The van der Waals surface area contributed by atoms with Crippen LogP contribution >= 0.6 is 0 Å². The quantitative estimate of drug-likeness (QED) is 0.198. The number of nitrogens with zero attached hydrogens (tertiary/aromatic N) is 1. The number of benzene rings is 2. The van der Waals surface area contributed by atoms with Gasteiger partial charge in [-0.05, 0) is 74.9 Å². The van der Waals surface area contributed by atoms with E-state index < -0.39 is 43.7 Å². The van der Waals surface area contributed by atoms with E-state index >= 15 is 0 Å². The molecule has 2 N–H and O–H groups in total. The Bertz CT molecular complexity index is 1340. The van der Waals surface area contributed by atoms with Gasteiger partial charge in [0.2, 0.25) is 0 Å². The normalized spacial score (nSPS) is 20.7. The summed E-state index contributed by atoms with van der Waals surface area (Å²) in [7, 11) is -2.21. The lowest BCUT2D eigenvalue weighted by Gasteiger charge is -2.45. The standard InChI is InChI=1S/C37H56N2O7Si/c1-24(2)47(25(3)4,26(5)6)46-29-16-17-30-32(22-29)43-23-31(33(30)44-34(40)27(7)38-35(41)45-36(8,9)10)39-20-18-37(42,19-21-39)28-14-12-11-13-15-28/h11-17,22,24-27,31,33,42H,18-21,23H2,1-10H3,(H,38,41)/t27-,31-,33+/m1/s1. The topological polar surface area (TPSA) is 107 Å². The van der Waals surface area contributed by atoms with Crippen LogP contribution in [0.3, 0.4) is 0 Å². The number of hydrogen-bond acceptors (Lipinski definition) is 8. The minimum atomic E-state index is -2.21. The molecule has 0 aliphatic carbocycles. The molecule has 0 aromatic heterocycles. The SMILES string of the molecule is CC(C)[Si](Oc1ccc2c(c1)OC[C@@H](N1CCC(O)(c3ccccc3)CC1)[C@H]2OC(=O)[C@@H](C)NC(=O)OC(C)(C)C)(C(C)C)C(C)C. The number of carbonyl (C=O) groups excluding carboxylic acids is 2. The largest absolute Gasteiger partial charge is 0.543 e. The van der Waals surface area contributed by atoms with E-state index in [0.717, 1.165) is 16.9 Å². The highest BCUT2D eigenvalue weighted by Gasteiger charge is 2.48. The summed E-state index contributed by atoms with van der Waals surface area (Å²) in [6.07, 6.45) is -0.265. The Morgan fingerprint density at radius 1 is 0.957 bits per heavy atom. The lowest BCUT2D eigenvalue weighted by molar-refractivity contribution is -0.159. The van der Waals surface area contributed by atoms with Crippen LogP contribution < -0.4 is 14.5 Å². The van der Waals surface area contributed by atoms with Crippen LogP contribution in [0, 0.1) is 0 Å². The molecule has 9 nitrogen and oxygen atoms in total. The van der Waals surface area contributed by atoms with Crippen molar-refractivity contribution in [3.63, 3.8) is 0 Å². The van der Waals surface area contributed by atoms with E-state index in [-0.39, 0.29) is 6.04 Å². The molecule has 47 heavy (non-hydrogen) atoms. The number of alkyl carbamates (subject to hydrolysis) is 1. The van der Waals surface area contributed by atoms with Gasteiger partial charge in [0, 0.05) is 24.7 Å². The van der Waals surface area contributed by atoms with Gasteiger partial charge in [0.1, 0.15) is 35.9 Å². The highest BCUT2D eigenvalue weighted by atomic mass is 28.4. The number of carbonyl (C=O) groups is 2. The van der Waals surface area contributed by atoms with Crippen LogP contribution in [0.2, 0.25) is 16.6 Å². The summed E-state index contributed by atoms with van der Waals surface area (Å²) in [4.78, 5) is 28.2. The van der Waals surface area contributed by atoms with Crippen molar-refractivity contribution in [1.82, 2.24) is 10.2 Å². The minimum absolute atomic E-state index is 0.289. The Kier molecular flexibility index (Phi) is 11.4. The minimum Gasteiger partial charge on any atom is -0.543 e. The molecule has 1 saturated heterocycles. The van der Waals surface area contributed by atoms with Crippen molar-refractivity contribution in [1.29, 1.82) is 0 Å². The summed E-state index contributed by atoms with van der Waals surface area (Å²) in [5.41, 5.74) is 1.26. The van der Waals surface area contributed by atoms with Gasteiger partial charge >= 0.3 is 12.1 Å². The summed E-state index contributed by atoms with van der Waals surface area (Å²) in [6.45, 7) is 21.9. The Morgan fingerprint density at radius 2 is 1.55 bits per heavy atom. The zero-order chi connectivity index (χ0) is 34.7. The maximum atomic E-state index is 13.5. The van der Waals surface area contributed by atoms with Crippen molar-refractivity contribution in [2.75, 3.05) is 19.7 Å². The van der Waals surface area contributed by atoms with Crippen molar-refractivity contribution < 1.29 is 33.3 Å². The van der Waals surface area contributed by atoms with Crippen LogP contribution in [0.1, 0.15) is 99.3 Å². The number of fused-ring (bicyclic) bond motifs is 1. The van der Waals surface area contributed by atoms with Crippen LogP contribution in [0.5, 0.6) is 11.5 Å². The first kappa shape index (κ1) is 36.7. The molecule has 1 fully saturated rings. The number of hydrogen-bond donors (Lipinski definition) is 2. The molecule has 0 bridgehead atoms. The number of piperidine rings is 1. The highest BCUT2D eigenvalue weighted by molar-refractivity contribution is 6.78. The van der Waals surface area contributed by atoms with E-state index in [0.29, 0.717) is 54.9 Å². The average molecular weight is 669 g/mol. The van der Waals surface area contributed by atoms with Gasteiger partial charge in [-0.2, -0.15) is 0 Å². The second kappa shape index (κ2) is 14.6. The third-order valence-electron chi connectivity index (χ3n) is 9.79. The molecule has 2 heterocycles. The van der Waals surface area contributed by atoms with Gasteiger partial charge in [-0.15, -0.1) is 0 Å². The fraction of sp³-hybridized carbons (Fsp3) is 0.622. The second-order valence-corrected chi connectivity index (χ2v) is 20.5. The molecule has 2 aliphatic rings. The van der Waals surface area contributed by atoms with Crippen molar-refractivity contribution in [2.24, 2.45) is 0 Å². The van der Waals surface area contributed by atoms with Crippen molar-refractivity contribution >= 4 is 20.4 Å².